The van der Waals surface area contributed by atoms with Crippen LogP contribution < -0.4 is 11.1 Å². The summed E-state index contributed by atoms with van der Waals surface area (Å²) in [7, 11) is 0. The van der Waals surface area contributed by atoms with Crippen LogP contribution in [0.2, 0.25) is 0 Å². The van der Waals surface area contributed by atoms with Gasteiger partial charge in [-0.05, 0) is 18.9 Å². The van der Waals surface area contributed by atoms with E-state index in [1.54, 1.807) is 29.3 Å². The summed E-state index contributed by atoms with van der Waals surface area (Å²) in [5.41, 5.74) is 6.72. The van der Waals surface area contributed by atoms with Crippen molar-refractivity contribution in [3.63, 3.8) is 0 Å². The average Bonchev–Trinajstić information content (AvgIpc) is 2.80. The Morgan fingerprint density at radius 1 is 1.56 bits per heavy atom. The first-order chi connectivity index (χ1) is 8.72. The minimum absolute atomic E-state index is 0.123. The SMILES string of the molecule is CC(CCN)CNC(=O)c1cnn2ccncc12. The van der Waals surface area contributed by atoms with Crippen LogP contribution in [-0.4, -0.2) is 33.6 Å². The Morgan fingerprint density at radius 3 is 3.17 bits per heavy atom. The van der Waals surface area contributed by atoms with E-state index in [4.69, 9.17) is 5.73 Å². The van der Waals surface area contributed by atoms with Crippen molar-refractivity contribution >= 4 is 11.4 Å². The molecule has 2 aromatic heterocycles. The van der Waals surface area contributed by atoms with Gasteiger partial charge in [0.15, 0.2) is 0 Å². The second kappa shape index (κ2) is 5.59. The average molecular weight is 247 g/mol. The van der Waals surface area contributed by atoms with Crippen LogP contribution in [0.5, 0.6) is 0 Å². The normalized spacial score (nSPS) is 12.6. The van der Waals surface area contributed by atoms with Gasteiger partial charge in [0.25, 0.3) is 5.91 Å². The number of hydrogen-bond acceptors (Lipinski definition) is 4. The molecule has 1 atom stereocenters. The number of nitrogens with one attached hydrogen (secondary N) is 1. The third-order valence-corrected chi connectivity index (χ3v) is 2.84. The number of carbonyl (C=O) groups is 1. The molecule has 0 aromatic carbocycles. The highest BCUT2D eigenvalue weighted by Crippen LogP contribution is 2.08. The molecular weight excluding hydrogens is 230 g/mol. The number of rotatable bonds is 5. The second-order valence-electron chi connectivity index (χ2n) is 4.36. The number of hydrogen-bond donors (Lipinski definition) is 2. The summed E-state index contributed by atoms with van der Waals surface area (Å²) in [5, 5.41) is 6.99. The van der Waals surface area contributed by atoms with Gasteiger partial charge >= 0.3 is 0 Å². The lowest BCUT2D eigenvalue weighted by Gasteiger charge is -2.10. The predicted molar refractivity (Wildman–Crippen MR) is 68.2 cm³/mol. The topological polar surface area (TPSA) is 85.3 Å². The quantitative estimate of drug-likeness (QED) is 0.803. The van der Waals surface area contributed by atoms with Crippen LogP contribution in [-0.2, 0) is 0 Å². The molecule has 6 nitrogen and oxygen atoms in total. The number of carbonyl (C=O) groups excluding carboxylic acids is 1. The molecule has 18 heavy (non-hydrogen) atoms. The summed E-state index contributed by atoms with van der Waals surface area (Å²) in [5.74, 6) is 0.251. The molecule has 0 saturated carbocycles. The molecule has 6 heteroatoms. The van der Waals surface area contributed by atoms with E-state index in [0.29, 0.717) is 30.1 Å². The molecule has 2 heterocycles. The highest BCUT2D eigenvalue weighted by Gasteiger charge is 2.13. The van der Waals surface area contributed by atoms with Crippen LogP contribution in [0.1, 0.15) is 23.7 Å². The zero-order valence-corrected chi connectivity index (χ0v) is 10.3. The molecule has 0 aliphatic heterocycles. The van der Waals surface area contributed by atoms with E-state index in [0.717, 1.165) is 6.42 Å². The number of amides is 1. The lowest BCUT2D eigenvalue weighted by atomic mass is 10.1. The van der Waals surface area contributed by atoms with E-state index < -0.39 is 0 Å². The monoisotopic (exact) mass is 247 g/mol. The number of aromatic nitrogens is 3. The lowest BCUT2D eigenvalue weighted by Crippen LogP contribution is -2.29. The summed E-state index contributed by atoms with van der Waals surface area (Å²) in [6.07, 6.45) is 7.43. The molecule has 2 aromatic rings. The third kappa shape index (κ3) is 2.65. The minimum Gasteiger partial charge on any atom is -0.352 e. The molecular formula is C12H17N5O. The maximum absolute atomic E-state index is 12.0. The molecule has 0 saturated heterocycles. The molecule has 3 N–H and O–H groups in total. The highest BCUT2D eigenvalue weighted by atomic mass is 16.1. The summed E-state index contributed by atoms with van der Waals surface area (Å²) in [4.78, 5) is 16.0. The van der Waals surface area contributed by atoms with Crippen molar-refractivity contribution in [1.82, 2.24) is 19.9 Å². The first kappa shape index (κ1) is 12.5. The van der Waals surface area contributed by atoms with Crippen molar-refractivity contribution in [2.75, 3.05) is 13.1 Å². The number of fused-ring (bicyclic) bond motifs is 1. The Bertz CT molecular complexity index is 536. The Kier molecular flexibility index (Phi) is 3.88. The van der Waals surface area contributed by atoms with Gasteiger partial charge in [0, 0.05) is 18.9 Å². The Hall–Kier alpha value is -1.95. The van der Waals surface area contributed by atoms with E-state index in [1.165, 1.54) is 0 Å². The number of nitrogens with zero attached hydrogens (tertiary/aromatic N) is 3. The Labute approximate surface area is 105 Å². The van der Waals surface area contributed by atoms with Crippen LogP contribution >= 0.6 is 0 Å². The number of nitrogens with two attached hydrogens (primary N) is 1. The molecule has 96 valence electrons. The molecule has 1 unspecified atom stereocenters. The van der Waals surface area contributed by atoms with Crippen LogP contribution in [0.4, 0.5) is 0 Å². The lowest BCUT2D eigenvalue weighted by molar-refractivity contribution is 0.0949. The van der Waals surface area contributed by atoms with Gasteiger partial charge in [-0.3, -0.25) is 9.78 Å². The van der Waals surface area contributed by atoms with Gasteiger partial charge in [-0.25, -0.2) is 4.52 Å². The maximum Gasteiger partial charge on any atom is 0.255 e. The van der Waals surface area contributed by atoms with Crippen LogP contribution in [0.3, 0.4) is 0 Å². The first-order valence-electron chi connectivity index (χ1n) is 5.98. The van der Waals surface area contributed by atoms with E-state index in [-0.39, 0.29) is 5.91 Å². The minimum atomic E-state index is -0.123. The van der Waals surface area contributed by atoms with Gasteiger partial charge in [-0.1, -0.05) is 6.92 Å². The van der Waals surface area contributed by atoms with Gasteiger partial charge in [0.05, 0.1) is 23.5 Å². The van der Waals surface area contributed by atoms with E-state index in [1.807, 2.05) is 0 Å². The van der Waals surface area contributed by atoms with Gasteiger partial charge in [-0.2, -0.15) is 5.10 Å². The molecule has 0 fully saturated rings. The standard InChI is InChI=1S/C12H17N5O/c1-9(2-3-13)6-15-12(18)10-7-16-17-5-4-14-8-11(10)17/h4-5,7-9H,2-3,6,13H2,1H3,(H,15,18). The van der Waals surface area contributed by atoms with E-state index >= 15 is 0 Å². The molecule has 0 bridgehead atoms. The fraction of sp³-hybridized carbons (Fsp3) is 0.417. The molecule has 0 aliphatic carbocycles. The van der Waals surface area contributed by atoms with Gasteiger partial charge in [0.2, 0.25) is 0 Å². The molecule has 2 rings (SSSR count). The van der Waals surface area contributed by atoms with Crippen LogP contribution in [0, 0.1) is 5.92 Å². The van der Waals surface area contributed by atoms with E-state index in [9.17, 15) is 4.79 Å². The zero-order valence-electron chi connectivity index (χ0n) is 10.3. The van der Waals surface area contributed by atoms with Crippen LogP contribution in [0.25, 0.3) is 5.52 Å². The van der Waals surface area contributed by atoms with Crippen molar-refractivity contribution < 1.29 is 4.79 Å². The van der Waals surface area contributed by atoms with Gasteiger partial charge in [-0.15, -0.1) is 0 Å². The largest absolute Gasteiger partial charge is 0.352 e. The maximum atomic E-state index is 12.0. The zero-order chi connectivity index (χ0) is 13.0. The van der Waals surface area contributed by atoms with Crippen molar-refractivity contribution in [3.8, 4) is 0 Å². The Balaban J connectivity index is 2.05. The molecule has 0 spiro atoms. The van der Waals surface area contributed by atoms with Gasteiger partial charge in [0.1, 0.15) is 0 Å². The smallest absolute Gasteiger partial charge is 0.255 e. The molecule has 1 amide bonds. The summed E-state index contributed by atoms with van der Waals surface area (Å²) < 4.78 is 1.63. The third-order valence-electron chi connectivity index (χ3n) is 2.84. The van der Waals surface area contributed by atoms with E-state index in [2.05, 4.69) is 22.3 Å². The first-order valence-corrected chi connectivity index (χ1v) is 5.98. The second-order valence-corrected chi connectivity index (χ2v) is 4.36. The Morgan fingerprint density at radius 2 is 2.39 bits per heavy atom. The van der Waals surface area contributed by atoms with Crippen molar-refractivity contribution in [2.45, 2.75) is 13.3 Å². The van der Waals surface area contributed by atoms with Crippen LogP contribution in [0.15, 0.2) is 24.8 Å². The summed E-state index contributed by atoms with van der Waals surface area (Å²) >= 11 is 0. The summed E-state index contributed by atoms with van der Waals surface area (Å²) in [6, 6.07) is 0. The molecule has 0 radical (unpaired) electrons. The summed E-state index contributed by atoms with van der Waals surface area (Å²) in [6.45, 7) is 3.32. The van der Waals surface area contributed by atoms with Crippen molar-refractivity contribution in [2.24, 2.45) is 11.7 Å². The predicted octanol–water partition coefficient (Wildman–Crippen LogP) is 0.444. The van der Waals surface area contributed by atoms with Crippen molar-refractivity contribution in [3.05, 3.63) is 30.4 Å². The van der Waals surface area contributed by atoms with Gasteiger partial charge < -0.3 is 11.1 Å². The fourth-order valence-electron chi connectivity index (χ4n) is 1.76. The highest BCUT2D eigenvalue weighted by molar-refractivity contribution is 6.00. The fourth-order valence-corrected chi connectivity index (χ4v) is 1.76. The molecule has 0 aliphatic rings. The van der Waals surface area contributed by atoms with Crippen molar-refractivity contribution in [1.29, 1.82) is 0 Å².